The van der Waals surface area contributed by atoms with Crippen molar-refractivity contribution in [3.63, 3.8) is 0 Å². The SMILES string of the molecule is CON=CC(OC)C(OC)C(CO[Si](C)(C)C)O[Si](C)(C)C. The zero-order valence-electron chi connectivity index (χ0n) is 15.5. The van der Waals surface area contributed by atoms with Gasteiger partial charge in [-0.2, -0.15) is 0 Å². The van der Waals surface area contributed by atoms with Crippen LogP contribution >= 0.6 is 0 Å². The van der Waals surface area contributed by atoms with Crippen LogP contribution in [0.1, 0.15) is 0 Å². The molecule has 22 heavy (non-hydrogen) atoms. The number of oxime groups is 1. The van der Waals surface area contributed by atoms with E-state index in [-0.39, 0.29) is 18.3 Å². The molecule has 0 spiro atoms. The topological polar surface area (TPSA) is 58.5 Å². The summed E-state index contributed by atoms with van der Waals surface area (Å²) in [5.74, 6) is 0. The van der Waals surface area contributed by atoms with E-state index in [2.05, 4.69) is 44.4 Å². The van der Waals surface area contributed by atoms with E-state index in [1.165, 1.54) is 7.11 Å². The average Bonchev–Trinajstić information content (AvgIpc) is 2.37. The molecule has 6 nitrogen and oxygen atoms in total. The van der Waals surface area contributed by atoms with Gasteiger partial charge in [-0.05, 0) is 39.3 Å². The summed E-state index contributed by atoms with van der Waals surface area (Å²) in [6.07, 6.45) is 0.698. The molecule has 8 heteroatoms. The molecule has 0 heterocycles. The first kappa shape index (κ1) is 21.7. The summed E-state index contributed by atoms with van der Waals surface area (Å²) in [7, 11) is 1.35. The Morgan fingerprint density at radius 2 is 1.50 bits per heavy atom. The number of hydrogen-bond donors (Lipinski definition) is 0. The van der Waals surface area contributed by atoms with Crippen LogP contribution < -0.4 is 0 Å². The molecule has 0 aliphatic rings. The minimum atomic E-state index is -1.76. The van der Waals surface area contributed by atoms with Crippen molar-refractivity contribution in [2.45, 2.75) is 57.6 Å². The molecule has 132 valence electrons. The van der Waals surface area contributed by atoms with Gasteiger partial charge in [-0.1, -0.05) is 5.16 Å². The van der Waals surface area contributed by atoms with Crippen molar-refractivity contribution in [3.8, 4) is 0 Å². The first-order valence-corrected chi connectivity index (χ1v) is 14.3. The highest BCUT2D eigenvalue weighted by molar-refractivity contribution is 6.70. The average molecular weight is 352 g/mol. The second-order valence-corrected chi connectivity index (χ2v) is 16.0. The Hall–Kier alpha value is -0.256. The minimum absolute atomic E-state index is 0.211. The van der Waals surface area contributed by atoms with Gasteiger partial charge in [-0.25, -0.2) is 0 Å². The molecule has 0 radical (unpaired) electrons. The van der Waals surface area contributed by atoms with E-state index in [9.17, 15) is 0 Å². The van der Waals surface area contributed by atoms with Crippen LogP contribution in [0.4, 0.5) is 0 Å². The second kappa shape index (κ2) is 9.79. The third-order valence-corrected chi connectivity index (χ3v) is 4.78. The lowest BCUT2D eigenvalue weighted by Crippen LogP contribution is -2.50. The summed E-state index contributed by atoms with van der Waals surface area (Å²) in [5.41, 5.74) is 0. The van der Waals surface area contributed by atoms with Crippen molar-refractivity contribution in [2.24, 2.45) is 5.16 Å². The van der Waals surface area contributed by atoms with Gasteiger partial charge in [-0.15, -0.1) is 0 Å². The van der Waals surface area contributed by atoms with E-state index in [1.807, 2.05) is 0 Å². The van der Waals surface area contributed by atoms with Gasteiger partial charge in [0.2, 0.25) is 0 Å². The lowest BCUT2D eigenvalue weighted by molar-refractivity contribution is -0.0764. The molecule has 0 fully saturated rings. The summed E-state index contributed by atoms with van der Waals surface area (Å²) in [6, 6.07) is 0. The van der Waals surface area contributed by atoms with E-state index in [1.54, 1.807) is 20.4 Å². The van der Waals surface area contributed by atoms with Crippen molar-refractivity contribution < 1.29 is 23.2 Å². The Balaban J connectivity index is 5.16. The van der Waals surface area contributed by atoms with Crippen molar-refractivity contribution in [2.75, 3.05) is 27.9 Å². The number of rotatable bonds is 11. The molecule has 0 rings (SSSR count). The number of hydrogen-bond acceptors (Lipinski definition) is 6. The monoisotopic (exact) mass is 351 g/mol. The Morgan fingerprint density at radius 1 is 0.909 bits per heavy atom. The molecular formula is C14H33NO5Si2. The molecule has 0 aliphatic carbocycles. The van der Waals surface area contributed by atoms with Crippen LogP contribution in [0.5, 0.6) is 0 Å². The first-order chi connectivity index (χ1) is 10.0. The Labute approximate surface area is 137 Å². The molecule has 0 aromatic heterocycles. The van der Waals surface area contributed by atoms with Crippen LogP contribution in [0.3, 0.4) is 0 Å². The minimum Gasteiger partial charge on any atom is -0.415 e. The maximum atomic E-state index is 6.28. The molecular weight excluding hydrogens is 318 g/mol. The molecule has 0 N–H and O–H groups in total. The largest absolute Gasteiger partial charge is 0.415 e. The normalized spacial score (nSPS) is 17.5. The third-order valence-electron chi connectivity index (χ3n) is 2.73. The van der Waals surface area contributed by atoms with Gasteiger partial charge in [0.05, 0.1) is 18.9 Å². The second-order valence-electron chi connectivity index (χ2n) is 7.03. The fourth-order valence-electron chi connectivity index (χ4n) is 1.88. The molecule has 0 aromatic rings. The molecule has 0 amide bonds. The van der Waals surface area contributed by atoms with Gasteiger partial charge in [0, 0.05) is 14.2 Å². The highest BCUT2D eigenvalue weighted by atomic mass is 28.4. The maximum Gasteiger partial charge on any atom is 0.184 e. The van der Waals surface area contributed by atoms with Crippen LogP contribution in [0.2, 0.25) is 39.3 Å². The van der Waals surface area contributed by atoms with Crippen LogP contribution in [0, 0.1) is 0 Å². The van der Waals surface area contributed by atoms with Crippen molar-refractivity contribution >= 4 is 22.8 Å². The molecule has 0 bridgehead atoms. The smallest absolute Gasteiger partial charge is 0.184 e. The maximum absolute atomic E-state index is 6.28. The number of nitrogens with zero attached hydrogens (tertiary/aromatic N) is 1. The summed E-state index contributed by atoms with van der Waals surface area (Å²) >= 11 is 0. The summed E-state index contributed by atoms with van der Waals surface area (Å²) in [4.78, 5) is 4.74. The molecule has 0 saturated heterocycles. The van der Waals surface area contributed by atoms with Crippen molar-refractivity contribution in [1.29, 1.82) is 0 Å². The van der Waals surface area contributed by atoms with Gasteiger partial charge in [0.15, 0.2) is 16.6 Å². The number of methoxy groups -OCH3 is 2. The van der Waals surface area contributed by atoms with Gasteiger partial charge in [0.25, 0.3) is 0 Å². The molecule has 3 atom stereocenters. The highest BCUT2D eigenvalue weighted by Gasteiger charge is 2.34. The first-order valence-electron chi connectivity index (χ1n) is 7.48. The standard InChI is InChI=1S/C14H33NO5Si2/c1-16-12(10-15-18-3)14(17-2)13(20-22(7,8)9)11-19-21(4,5)6/h10,12-14H,11H2,1-9H3. The zero-order chi connectivity index (χ0) is 17.4. The lowest BCUT2D eigenvalue weighted by atomic mass is 10.1. The highest BCUT2D eigenvalue weighted by Crippen LogP contribution is 2.18. The molecule has 0 aromatic carbocycles. The van der Waals surface area contributed by atoms with Crippen molar-refractivity contribution in [3.05, 3.63) is 0 Å². The Bertz CT molecular complexity index is 328. The molecule has 3 unspecified atom stereocenters. The van der Waals surface area contributed by atoms with Gasteiger partial charge >= 0.3 is 0 Å². The predicted molar refractivity (Wildman–Crippen MR) is 94.6 cm³/mol. The zero-order valence-corrected chi connectivity index (χ0v) is 17.5. The Morgan fingerprint density at radius 3 is 1.86 bits per heavy atom. The van der Waals surface area contributed by atoms with E-state index >= 15 is 0 Å². The predicted octanol–water partition coefficient (Wildman–Crippen LogP) is 2.72. The molecule has 0 saturated carbocycles. The van der Waals surface area contributed by atoms with Crippen LogP contribution in [-0.2, 0) is 23.2 Å². The summed E-state index contributed by atoms with van der Waals surface area (Å²) < 4.78 is 23.4. The van der Waals surface area contributed by atoms with E-state index < -0.39 is 16.6 Å². The Kier molecular flexibility index (Phi) is 9.67. The lowest BCUT2D eigenvalue weighted by Gasteiger charge is -2.35. The van der Waals surface area contributed by atoms with Gasteiger partial charge in [-0.3, -0.25) is 0 Å². The van der Waals surface area contributed by atoms with E-state index in [4.69, 9.17) is 23.2 Å². The van der Waals surface area contributed by atoms with Gasteiger partial charge in [0.1, 0.15) is 19.3 Å². The summed E-state index contributed by atoms with van der Waals surface area (Å²) in [5, 5.41) is 3.79. The van der Waals surface area contributed by atoms with Crippen LogP contribution in [0.15, 0.2) is 5.16 Å². The fourth-order valence-corrected chi connectivity index (χ4v) is 3.65. The van der Waals surface area contributed by atoms with Gasteiger partial charge < -0.3 is 23.2 Å². The quantitative estimate of drug-likeness (QED) is 0.325. The van der Waals surface area contributed by atoms with E-state index in [0.717, 1.165) is 0 Å². The third kappa shape index (κ3) is 9.70. The number of ether oxygens (including phenoxy) is 2. The fraction of sp³-hybridized carbons (Fsp3) is 0.929. The van der Waals surface area contributed by atoms with Crippen molar-refractivity contribution in [1.82, 2.24) is 0 Å². The summed E-state index contributed by atoms with van der Waals surface area (Å²) in [6.45, 7) is 13.4. The molecule has 0 aliphatic heterocycles. The van der Waals surface area contributed by atoms with Crippen LogP contribution in [-0.4, -0.2) is 69.1 Å². The van der Waals surface area contributed by atoms with E-state index in [0.29, 0.717) is 6.61 Å². The van der Waals surface area contributed by atoms with Crippen LogP contribution in [0.25, 0.3) is 0 Å².